The van der Waals surface area contributed by atoms with E-state index in [1.54, 1.807) is 4.31 Å². The van der Waals surface area contributed by atoms with Gasteiger partial charge in [-0.2, -0.15) is 0 Å². The lowest BCUT2D eigenvalue weighted by molar-refractivity contribution is -0.118. The van der Waals surface area contributed by atoms with Crippen LogP contribution in [0.5, 0.6) is 5.75 Å². The first kappa shape index (κ1) is 32.2. The van der Waals surface area contributed by atoms with Gasteiger partial charge in [-0.15, -0.1) is 11.3 Å². The van der Waals surface area contributed by atoms with Gasteiger partial charge in [0.2, 0.25) is 10.0 Å². The van der Waals surface area contributed by atoms with Crippen molar-refractivity contribution < 1.29 is 27.5 Å². The van der Waals surface area contributed by atoms with Crippen LogP contribution in [0.2, 0.25) is 0 Å². The van der Waals surface area contributed by atoms with Crippen molar-refractivity contribution in [3.63, 3.8) is 0 Å². The van der Waals surface area contributed by atoms with Crippen molar-refractivity contribution in [3.8, 4) is 16.2 Å². The van der Waals surface area contributed by atoms with E-state index in [-0.39, 0.29) is 29.2 Å². The molecule has 11 heteroatoms. The van der Waals surface area contributed by atoms with Gasteiger partial charge in [-0.25, -0.2) is 17.5 Å². The van der Waals surface area contributed by atoms with Gasteiger partial charge in [0.25, 0.3) is 5.91 Å². The maximum absolute atomic E-state index is 13.0. The smallest absolute Gasteiger partial charge is 0.351 e. The molecule has 1 saturated heterocycles. The van der Waals surface area contributed by atoms with Crippen molar-refractivity contribution in [3.05, 3.63) is 100 Å². The molecule has 5 rings (SSSR count). The van der Waals surface area contributed by atoms with Crippen LogP contribution in [0.25, 0.3) is 10.4 Å². The van der Waals surface area contributed by atoms with Crippen molar-refractivity contribution in [2.24, 2.45) is 0 Å². The minimum absolute atomic E-state index is 0.00474. The number of nitrogens with one attached hydrogen (secondary N) is 2. The number of amides is 1. The monoisotopic (exact) mass is 647 g/mol. The average Bonchev–Trinajstić information content (AvgIpc) is 3.37. The number of para-hydroxylation sites is 1. The molecule has 3 aromatic carbocycles. The molecule has 0 saturated carbocycles. The van der Waals surface area contributed by atoms with Gasteiger partial charge >= 0.3 is 5.97 Å². The fourth-order valence-electron chi connectivity index (χ4n) is 5.35. The molecule has 0 spiro atoms. The fourth-order valence-corrected chi connectivity index (χ4v) is 8.08. The molecule has 236 valence electrons. The second kappa shape index (κ2) is 14.3. The molecule has 1 aliphatic heterocycles. The molecule has 0 radical (unpaired) electrons. The third-order valence-corrected chi connectivity index (χ3v) is 10.9. The van der Waals surface area contributed by atoms with E-state index in [2.05, 4.69) is 10.6 Å². The van der Waals surface area contributed by atoms with Crippen molar-refractivity contribution in [2.45, 2.75) is 38.5 Å². The molecule has 45 heavy (non-hydrogen) atoms. The Bertz CT molecular complexity index is 1760. The summed E-state index contributed by atoms with van der Waals surface area (Å²) in [5.41, 5.74) is 4.93. The van der Waals surface area contributed by atoms with E-state index in [1.165, 1.54) is 18.4 Å². The molecule has 0 aliphatic carbocycles. The van der Waals surface area contributed by atoms with Crippen LogP contribution >= 0.6 is 11.3 Å². The molecular weight excluding hydrogens is 611 g/mol. The van der Waals surface area contributed by atoms with Gasteiger partial charge < -0.3 is 20.1 Å². The molecule has 1 aromatic heterocycles. The number of piperidine rings is 1. The van der Waals surface area contributed by atoms with E-state index in [0.717, 1.165) is 32.8 Å². The molecule has 1 fully saturated rings. The molecule has 4 aromatic rings. The number of methoxy groups -OCH3 is 1. The van der Waals surface area contributed by atoms with Gasteiger partial charge in [0.15, 0.2) is 11.5 Å². The number of sulfonamides is 1. The van der Waals surface area contributed by atoms with E-state index in [4.69, 9.17) is 9.47 Å². The topological polar surface area (TPSA) is 114 Å². The van der Waals surface area contributed by atoms with Crippen LogP contribution in [-0.4, -0.2) is 57.4 Å². The third-order valence-electron chi connectivity index (χ3n) is 7.76. The number of carbonyl (C=O) groups excluding carboxylic acids is 2. The molecular formula is C34H37N3O6S2. The Kier molecular flexibility index (Phi) is 10.2. The Morgan fingerprint density at radius 3 is 2.38 bits per heavy atom. The summed E-state index contributed by atoms with van der Waals surface area (Å²) < 4.78 is 38.5. The summed E-state index contributed by atoms with van der Waals surface area (Å²) in [6.07, 6.45) is 1.37. The molecule has 2 heterocycles. The Balaban J connectivity index is 1.25. The molecule has 1 amide bonds. The maximum atomic E-state index is 13.0. The summed E-state index contributed by atoms with van der Waals surface area (Å²) in [5, 5.41) is 6.41. The molecule has 0 atom stereocenters. The lowest BCUT2D eigenvalue weighted by atomic mass is 10.0. The van der Waals surface area contributed by atoms with Gasteiger partial charge in [0.1, 0.15) is 5.75 Å². The number of hydrogen-bond acceptors (Lipinski definition) is 8. The summed E-state index contributed by atoms with van der Waals surface area (Å²) in [6, 6.07) is 24.7. The largest absolute Gasteiger partial charge is 0.482 e. The van der Waals surface area contributed by atoms with Gasteiger partial charge in [0, 0.05) is 40.9 Å². The molecule has 0 unspecified atom stereocenters. The Morgan fingerprint density at radius 2 is 1.67 bits per heavy atom. The Labute approximate surface area is 268 Å². The number of esters is 1. The highest BCUT2D eigenvalue weighted by Crippen LogP contribution is 2.42. The zero-order valence-corrected chi connectivity index (χ0v) is 27.2. The van der Waals surface area contributed by atoms with Crippen LogP contribution < -0.4 is 15.4 Å². The standard InChI is InChI=1S/C34H37N3O6S2/c1-23-10-7-8-15-29(23)36-30(38)21-43-31-24(2)32(44-33(31)34(39)42-3)26-13-9-14-28(20-26)35-27-16-18-37(19-17-27)45(40,41)22-25-11-5-4-6-12-25/h4-15,20,27,35H,16-19,21-22H2,1-3H3,(H,36,38). The normalized spacial score (nSPS) is 14.1. The highest BCUT2D eigenvalue weighted by atomic mass is 32.2. The van der Waals surface area contributed by atoms with Crippen LogP contribution in [0.3, 0.4) is 0 Å². The summed E-state index contributed by atoms with van der Waals surface area (Å²) in [6.45, 7) is 4.41. The number of aryl methyl sites for hydroxylation is 1. The number of benzene rings is 3. The van der Waals surface area contributed by atoms with Crippen LogP contribution in [-0.2, 0) is 25.3 Å². The van der Waals surface area contributed by atoms with Crippen molar-refractivity contribution in [2.75, 3.05) is 37.4 Å². The number of rotatable bonds is 11. The molecule has 9 nitrogen and oxygen atoms in total. The van der Waals surface area contributed by atoms with Gasteiger partial charge in [-0.1, -0.05) is 60.7 Å². The Morgan fingerprint density at radius 1 is 0.956 bits per heavy atom. The van der Waals surface area contributed by atoms with Crippen molar-refractivity contribution >= 4 is 44.6 Å². The van der Waals surface area contributed by atoms with Crippen LogP contribution in [0.1, 0.15) is 39.2 Å². The van der Waals surface area contributed by atoms with Gasteiger partial charge in [0.05, 0.1) is 12.9 Å². The lowest BCUT2D eigenvalue weighted by Crippen LogP contribution is -2.42. The minimum atomic E-state index is -3.39. The van der Waals surface area contributed by atoms with Crippen molar-refractivity contribution in [1.29, 1.82) is 0 Å². The second-order valence-corrected chi connectivity index (χ2v) is 14.0. The third kappa shape index (κ3) is 7.91. The first-order valence-corrected chi connectivity index (χ1v) is 17.2. The first-order chi connectivity index (χ1) is 21.6. The number of nitrogens with zero attached hydrogens (tertiary/aromatic N) is 1. The summed E-state index contributed by atoms with van der Waals surface area (Å²) in [5.74, 6) is -0.543. The van der Waals surface area contributed by atoms with E-state index < -0.39 is 16.0 Å². The minimum Gasteiger partial charge on any atom is -0.482 e. The number of thiophene rings is 1. The number of carbonyl (C=O) groups is 2. The summed E-state index contributed by atoms with van der Waals surface area (Å²) in [4.78, 5) is 26.5. The number of ether oxygens (including phenoxy) is 2. The van der Waals surface area contributed by atoms with Gasteiger partial charge in [-0.05, 0) is 61.6 Å². The summed E-state index contributed by atoms with van der Waals surface area (Å²) in [7, 11) is -2.07. The van der Waals surface area contributed by atoms with Gasteiger partial charge in [-0.3, -0.25) is 4.79 Å². The highest BCUT2D eigenvalue weighted by Gasteiger charge is 2.29. The predicted octanol–water partition coefficient (Wildman–Crippen LogP) is 6.24. The fraction of sp³-hybridized carbons (Fsp3) is 0.294. The predicted molar refractivity (Wildman–Crippen MR) is 178 cm³/mol. The first-order valence-electron chi connectivity index (χ1n) is 14.7. The Hall–Kier alpha value is -4.19. The summed E-state index contributed by atoms with van der Waals surface area (Å²) >= 11 is 1.26. The van der Waals surface area contributed by atoms with E-state index >= 15 is 0 Å². The quantitative estimate of drug-likeness (QED) is 0.185. The second-order valence-electron chi connectivity index (χ2n) is 11.0. The molecule has 0 bridgehead atoms. The van der Waals surface area contributed by atoms with E-state index in [1.807, 2.05) is 92.7 Å². The SMILES string of the molecule is COC(=O)c1sc(-c2cccc(NC3CCN(S(=O)(=O)Cc4ccccc4)CC3)c2)c(C)c1OCC(=O)Nc1ccccc1C. The highest BCUT2D eigenvalue weighted by molar-refractivity contribution is 7.88. The zero-order chi connectivity index (χ0) is 32.0. The zero-order valence-electron chi connectivity index (χ0n) is 25.5. The molecule has 1 aliphatic rings. The lowest BCUT2D eigenvalue weighted by Gasteiger charge is -2.32. The van der Waals surface area contributed by atoms with E-state index in [0.29, 0.717) is 37.4 Å². The van der Waals surface area contributed by atoms with Crippen molar-refractivity contribution in [1.82, 2.24) is 4.31 Å². The maximum Gasteiger partial charge on any atom is 0.351 e. The molecule has 2 N–H and O–H groups in total. The van der Waals surface area contributed by atoms with Crippen LogP contribution in [0.4, 0.5) is 11.4 Å². The van der Waals surface area contributed by atoms with Crippen LogP contribution in [0, 0.1) is 13.8 Å². The number of hydrogen-bond donors (Lipinski definition) is 2. The number of anilines is 2. The van der Waals surface area contributed by atoms with E-state index in [9.17, 15) is 18.0 Å². The van der Waals surface area contributed by atoms with Crippen LogP contribution in [0.15, 0.2) is 78.9 Å². The average molecular weight is 648 g/mol.